The minimum atomic E-state index is -0.297. The highest BCUT2D eigenvalue weighted by Gasteiger charge is 2.34. The van der Waals surface area contributed by atoms with E-state index < -0.39 is 0 Å². The second-order valence-corrected chi connectivity index (χ2v) is 11.1. The Labute approximate surface area is 220 Å². The smallest absolute Gasteiger partial charge is 0.267 e. The van der Waals surface area contributed by atoms with Crippen molar-refractivity contribution in [3.63, 3.8) is 0 Å². The number of piperidine rings is 1. The van der Waals surface area contributed by atoms with E-state index in [0.29, 0.717) is 64.6 Å². The number of nitrogens with zero attached hydrogens (tertiary/aromatic N) is 4. The van der Waals surface area contributed by atoms with Crippen LogP contribution in [0, 0.1) is 11.8 Å². The van der Waals surface area contributed by atoms with E-state index in [0.717, 1.165) is 25.7 Å². The summed E-state index contributed by atoms with van der Waals surface area (Å²) in [5.41, 5.74) is 6.15. The van der Waals surface area contributed by atoms with Gasteiger partial charge in [0.25, 0.3) is 11.5 Å². The number of amides is 2. The number of nitrogens with two attached hydrogens (primary N) is 1. The summed E-state index contributed by atoms with van der Waals surface area (Å²) in [5.74, 6) is 0.280. The first-order valence-electron chi connectivity index (χ1n) is 12.6. The van der Waals surface area contributed by atoms with Gasteiger partial charge in [0, 0.05) is 31.7 Å². The number of pyridine rings is 1. The van der Waals surface area contributed by atoms with Gasteiger partial charge in [0.2, 0.25) is 5.91 Å². The van der Waals surface area contributed by atoms with E-state index in [-0.39, 0.29) is 23.3 Å². The Morgan fingerprint density at radius 3 is 2.69 bits per heavy atom. The van der Waals surface area contributed by atoms with Crippen molar-refractivity contribution in [2.24, 2.45) is 17.6 Å². The predicted molar refractivity (Wildman–Crippen MR) is 149 cm³/mol. The molecule has 2 aromatic rings. The van der Waals surface area contributed by atoms with Crippen LogP contribution in [0.1, 0.15) is 57.9 Å². The van der Waals surface area contributed by atoms with Crippen molar-refractivity contribution in [2.45, 2.75) is 52.4 Å². The zero-order valence-corrected chi connectivity index (χ0v) is 22.4. The van der Waals surface area contributed by atoms with E-state index in [1.165, 1.54) is 16.2 Å². The van der Waals surface area contributed by atoms with Crippen molar-refractivity contribution in [1.29, 1.82) is 0 Å². The van der Waals surface area contributed by atoms with Gasteiger partial charge in [0.15, 0.2) is 0 Å². The van der Waals surface area contributed by atoms with Gasteiger partial charge in [-0.1, -0.05) is 63.2 Å². The maximum absolute atomic E-state index is 13.6. The molecule has 0 saturated carbocycles. The summed E-state index contributed by atoms with van der Waals surface area (Å²) in [7, 11) is 0. The number of thiocarbonyl (C=S) groups is 1. The Kier molecular flexibility index (Phi) is 8.46. The zero-order chi connectivity index (χ0) is 25.8. The lowest BCUT2D eigenvalue weighted by atomic mass is 9.96. The third-order valence-electron chi connectivity index (χ3n) is 7.08. The van der Waals surface area contributed by atoms with Gasteiger partial charge < -0.3 is 10.6 Å². The predicted octanol–water partition coefficient (Wildman–Crippen LogP) is 3.81. The number of hydrogen-bond acceptors (Lipinski definition) is 7. The molecule has 2 aromatic heterocycles. The van der Waals surface area contributed by atoms with Crippen LogP contribution in [-0.4, -0.2) is 50.1 Å². The molecular formula is C26H33N5O3S2. The normalized spacial score (nSPS) is 19.0. The number of primary amides is 1. The van der Waals surface area contributed by atoms with Gasteiger partial charge in [-0.3, -0.25) is 23.7 Å². The van der Waals surface area contributed by atoms with E-state index in [9.17, 15) is 14.4 Å². The summed E-state index contributed by atoms with van der Waals surface area (Å²) >= 11 is 6.81. The molecule has 0 bridgehead atoms. The number of rotatable bonds is 9. The van der Waals surface area contributed by atoms with Crippen LogP contribution in [0.25, 0.3) is 11.7 Å². The Balaban J connectivity index is 1.69. The third-order valence-corrected chi connectivity index (χ3v) is 8.46. The minimum absolute atomic E-state index is 0.157. The number of hydrogen-bond donors (Lipinski definition) is 1. The number of aromatic nitrogens is 2. The molecule has 4 heterocycles. The quantitative estimate of drug-likeness (QED) is 0.391. The second-order valence-electron chi connectivity index (χ2n) is 9.46. The summed E-state index contributed by atoms with van der Waals surface area (Å²) in [6.45, 7) is 6.02. The summed E-state index contributed by atoms with van der Waals surface area (Å²) in [5, 5.41) is 0. The zero-order valence-electron chi connectivity index (χ0n) is 20.8. The molecule has 4 rings (SSSR count). The standard InChI is InChI=1S/C26H33N5O3S2/c1-3-5-8-17(4-2)16-31-25(34)20(36-26(31)35)15-19-23(29-13-10-18(11-14-29)22(27)32)28-21-9-6-7-12-30(21)24(19)33/h6-7,9,12,15,17-18H,3-5,8,10-11,13-14,16H2,1-2H3,(H2,27,32). The van der Waals surface area contributed by atoms with E-state index in [1.54, 1.807) is 29.3 Å². The van der Waals surface area contributed by atoms with Gasteiger partial charge in [0.05, 0.1) is 10.5 Å². The second kappa shape index (κ2) is 11.6. The summed E-state index contributed by atoms with van der Waals surface area (Å²) in [6.07, 6.45) is 8.81. The molecule has 0 aromatic carbocycles. The van der Waals surface area contributed by atoms with Crippen LogP contribution in [0.5, 0.6) is 0 Å². The Hall–Kier alpha value is -2.72. The topological polar surface area (TPSA) is 101 Å². The van der Waals surface area contributed by atoms with Crippen molar-refractivity contribution in [1.82, 2.24) is 14.3 Å². The first kappa shape index (κ1) is 26.3. The molecule has 0 radical (unpaired) electrons. The van der Waals surface area contributed by atoms with Gasteiger partial charge in [0.1, 0.15) is 15.8 Å². The molecule has 1 atom stereocenters. The van der Waals surface area contributed by atoms with Crippen LogP contribution in [0.3, 0.4) is 0 Å². The highest BCUT2D eigenvalue weighted by molar-refractivity contribution is 8.26. The van der Waals surface area contributed by atoms with Crippen LogP contribution in [-0.2, 0) is 9.59 Å². The maximum Gasteiger partial charge on any atom is 0.267 e. The molecule has 2 aliphatic heterocycles. The number of fused-ring (bicyclic) bond motifs is 1. The Morgan fingerprint density at radius 2 is 2.03 bits per heavy atom. The Bertz CT molecular complexity index is 1250. The van der Waals surface area contributed by atoms with Crippen molar-refractivity contribution in [2.75, 3.05) is 24.5 Å². The third kappa shape index (κ3) is 5.49. The molecular weight excluding hydrogens is 494 g/mol. The lowest BCUT2D eigenvalue weighted by molar-refractivity contribution is -0.123. The molecule has 0 aliphatic carbocycles. The SMILES string of the molecule is CCCCC(CC)CN1C(=O)C(=Cc2c(N3CCC(C(N)=O)CC3)nc3ccccn3c2=O)SC1=S. The monoisotopic (exact) mass is 527 g/mol. The highest BCUT2D eigenvalue weighted by atomic mass is 32.2. The number of carbonyl (C=O) groups is 2. The van der Waals surface area contributed by atoms with Crippen molar-refractivity contribution in [3.05, 3.63) is 45.2 Å². The number of unbranched alkanes of at least 4 members (excludes halogenated alkanes) is 1. The van der Waals surface area contributed by atoms with Crippen LogP contribution >= 0.6 is 24.0 Å². The van der Waals surface area contributed by atoms with Crippen molar-refractivity contribution >= 4 is 57.7 Å². The summed E-state index contributed by atoms with van der Waals surface area (Å²) in [6, 6.07) is 5.39. The number of thioether (sulfide) groups is 1. The fraction of sp³-hybridized carbons (Fsp3) is 0.500. The minimum Gasteiger partial charge on any atom is -0.369 e. The summed E-state index contributed by atoms with van der Waals surface area (Å²) < 4.78 is 2.02. The molecule has 1 unspecified atom stereocenters. The van der Waals surface area contributed by atoms with E-state index in [1.807, 2.05) is 11.0 Å². The molecule has 8 nitrogen and oxygen atoms in total. The van der Waals surface area contributed by atoms with Gasteiger partial charge in [-0.15, -0.1) is 0 Å². The van der Waals surface area contributed by atoms with E-state index >= 15 is 0 Å². The molecule has 36 heavy (non-hydrogen) atoms. The van der Waals surface area contributed by atoms with Gasteiger partial charge in [-0.25, -0.2) is 4.98 Å². The Morgan fingerprint density at radius 1 is 1.28 bits per heavy atom. The van der Waals surface area contributed by atoms with Gasteiger partial charge >= 0.3 is 0 Å². The first-order chi connectivity index (χ1) is 17.3. The summed E-state index contributed by atoms with van der Waals surface area (Å²) in [4.78, 5) is 47.5. The molecule has 0 spiro atoms. The molecule has 192 valence electrons. The van der Waals surface area contributed by atoms with Crippen molar-refractivity contribution < 1.29 is 9.59 Å². The average molecular weight is 528 g/mol. The number of anilines is 1. The molecule has 10 heteroatoms. The molecule has 2 saturated heterocycles. The maximum atomic E-state index is 13.6. The molecule has 2 N–H and O–H groups in total. The fourth-order valence-electron chi connectivity index (χ4n) is 4.80. The molecule has 2 fully saturated rings. The van der Waals surface area contributed by atoms with Gasteiger partial charge in [-0.2, -0.15) is 0 Å². The molecule has 2 amide bonds. The largest absolute Gasteiger partial charge is 0.369 e. The molecule has 2 aliphatic rings. The lowest BCUT2D eigenvalue weighted by Gasteiger charge is -2.32. The van der Waals surface area contributed by atoms with Crippen LogP contribution in [0.4, 0.5) is 5.82 Å². The average Bonchev–Trinajstić information content (AvgIpc) is 3.15. The van der Waals surface area contributed by atoms with Crippen molar-refractivity contribution in [3.8, 4) is 0 Å². The van der Waals surface area contributed by atoms with Gasteiger partial charge in [-0.05, 0) is 43.4 Å². The fourth-order valence-corrected chi connectivity index (χ4v) is 6.06. The van der Waals surface area contributed by atoms with Crippen LogP contribution < -0.4 is 16.2 Å². The number of carbonyl (C=O) groups excluding carboxylic acids is 2. The first-order valence-corrected chi connectivity index (χ1v) is 13.9. The van der Waals surface area contributed by atoms with Crippen LogP contribution in [0.15, 0.2) is 34.1 Å². The van der Waals surface area contributed by atoms with E-state index in [2.05, 4.69) is 13.8 Å². The lowest BCUT2D eigenvalue weighted by Crippen LogP contribution is -2.40. The highest BCUT2D eigenvalue weighted by Crippen LogP contribution is 2.35. The van der Waals surface area contributed by atoms with E-state index in [4.69, 9.17) is 22.9 Å². The van der Waals surface area contributed by atoms with Crippen LogP contribution in [0.2, 0.25) is 0 Å².